The smallest absolute Gasteiger partial charge is 0.481 e. The van der Waals surface area contributed by atoms with Crippen molar-refractivity contribution in [2.45, 2.75) is 69.0 Å². The Bertz CT molecular complexity index is 1180. The van der Waals surface area contributed by atoms with Gasteiger partial charge < -0.3 is 18.6 Å². The summed E-state index contributed by atoms with van der Waals surface area (Å²) in [6, 6.07) is 28.4. The number of nitrogens with one attached hydrogen (secondary N) is 1. The lowest BCUT2D eigenvalue weighted by molar-refractivity contribution is 0.00578. The first kappa shape index (κ1) is 26.3. The van der Waals surface area contributed by atoms with E-state index >= 15 is 4.57 Å². The van der Waals surface area contributed by atoms with Crippen LogP contribution in [-0.2, 0) is 13.9 Å². The van der Waals surface area contributed by atoms with Crippen LogP contribution in [0.1, 0.15) is 74.5 Å². The average Bonchev–Trinajstić information content (AvgIpc) is 3.35. The molecule has 0 aromatic heterocycles. The predicted molar refractivity (Wildman–Crippen MR) is 150 cm³/mol. The molecule has 2 fully saturated rings. The van der Waals surface area contributed by atoms with Crippen molar-refractivity contribution < 1.29 is 18.6 Å². The molecule has 2 heterocycles. The Labute approximate surface area is 221 Å². The largest absolute Gasteiger partial charge is 0.497 e. The molecule has 3 aromatic carbocycles. The molecule has 3 aromatic rings. The highest BCUT2D eigenvalue weighted by Gasteiger charge is 2.57. The fourth-order valence-electron chi connectivity index (χ4n) is 5.57. The van der Waals surface area contributed by atoms with Crippen molar-refractivity contribution in [2.24, 2.45) is 0 Å². The quantitative estimate of drug-likeness (QED) is 0.260. The van der Waals surface area contributed by atoms with Gasteiger partial charge in [0.05, 0.1) is 35.6 Å². The van der Waals surface area contributed by atoms with Crippen LogP contribution in [-0.4, -0.2) is 25.4 Å². The molecule has 0 radical (unpaired) electrons. The third kappa shape index (κ3) is 4.93. The Kier molecular flexibility index (Phi) is 7.15. The van der Waals surface area contributed by atoms with E-state index in [2.05, 4.69) is 57.0 Å². The van der Waals surface area contributed by atoms with Crippen LogP contribution in [0.3, 0.4) is 0 Å². The molecule has 0 aliphatic carbocycles. The number of hydrogen-bond acceptors (Lipinski definition) is 4. The molecule has 0 unspecified atom stereocenters. The van der Waals surface area contributed by atoms with Crippen LogP contribution in [0.2, 0.25) is 0 Å². The summed E-state index contributed by atoms with van der Waals surface area (Å²) in [5.74, 6) is 0.349. The predicted octanol–water partition coefficient (Wildman–Crippen LogP) is 7.51. The summed E-state index contributed by atoms with van der Waals surface area (Å²) in [6.45, 7) is 8.20. The molecule has 0 bridgehead atoms. The molecule has 0 amide bonds. The van der Waals surface area contributed by atoms with Gasteiger partial charge in [0.15, 0.2) is 7.29 Å². The normalized spacial score (nSPS) is 24.6. The molecule has 37 heavy (non-hydrogen) atoms. The van der Waals surface area contributed by atoms with Crippen LogP contribution < -0.4 is 9.82 Å². The molecule has 0 spiro atoms. The monoisotopic (exact) mass is 517 g/mol. The van der Waals surface area contributed by atoms with Crippen molar-refractivity contribution in [3.8, 4) is 5.75 Å². The zero-order chi connectivity index (χ0) is 26.3. The molecular weight excluding hydrogens is 480 g/mol. The summed E-state index contributed by atoms with van der Waals surface area (Å²) >= 11 is 0. The van der Waals surface area contributed by atoms with Gasteiger partial charge in [0.1, 0.15) is 5.75 Å². The van der Waals surface area contributed by atoms with E-state index in [9.17, 15) is 0 Å². The van der Waals surface area contributed by atoms with Crippen LogP contribution in [0.25, 0.3) is 0 Å². The zero-order valence-electron chi connectivity index (χ0n) is 22.4. The van der Waals surface area contributed by atoms with Crippen molar-refractivity contribution in [2.75, 3.05) is 7.11 Å². The van der Waals surface area contributed by atoms with E-state index in [1.165, 1.54) is 0 Å². The van der Waals surface area contributed by atoms with Crippen molar-refractivity contribution in [1.82, 2.24) is 5.09 Å². The Balaban J connectivity index is 1.59. The van der Waals surface area contributed by atoms with Crippen LogP contribution >= 0.6 is 7.29 Å². The number of rotatable bonds is 7. The second-order valence-corrected chi connectivity index (χ2v) is 14.1. The number of methoxy groups -OCH3 is 1. The summed E-state index contributed by atoms with van der Waals surface area (Å²) in [5.41, 5.74) is 1.97. The number of benzene rings is 3. The lowest BCUT2D eigenvalue weighted by Gasteiger charge is -2.33. The van der Waals surface area contributed by atoms with Gasteiger partial charge in [0, 0.05) is 0 Å². The molecule has 0 saturated carbocycles. The summed E-state index contributed by atoms with van der Waals surface area (Å²) in [4.78, 5) is 0. The van der Waals surface area contributed by atoms with E-state index in [1.807, 2.05) is 60.7 Å². The number of ether oxygens (including phenoxy) is 1. The molecule has 5 rings (SSSR count). The van der Waals surface area contributed by atoms with Gasteiger partial charge in [-0.05, 0) is 69.4 Å². The first-order valence-corrected chi connectivity index (χ1v) is 15.0. The third-order valence-electron chi connectivity index (χ3n) is 8.37. The second-order valence-electron chi connectivity index (χ2n) is 11.1. The molecular formula is C30H37BNO4P. The highest BCUT2D eigenvalue weighted by Crippen LogP contribution is 2.74. The molecule has 5 nitrogen and oxygen atoms in total. The van der Waals surface area contributed by atoms with Gasteiger partial charge >= 0.3 is 7.12 Å². The Morgan fingerprint density at radius 3 is 1.70 bits per heavy atom. The van der Waals surface area contributed by atoms with E-state index in [0.29, 0.717) is 0 Å². The fourth-order valence-corrected chi connectivity index (χ4v) is 9.36. The minimum atomic E-state index is -3.05. The molecule has 7 heteroatoms. The van der Waals surface area contributed by atoms with Gasteiger partial charge in [-0.15, -0.1) is 0 Å². The van der Waals surface area contributed by atoms with E-state index in [-0.39, 0.29) is 11.3 Å². The molecule has 2 saturated heterocycles. The zero-order valence-corrected chi connectivity index (χ0v) is 23.3. The molecule has 194 valence electrons. The molecule has 1 N–H and O–H groups in total. The van der Waals surface area contributed by atoms with Gasteiger partial charge in [-0.3, -0.25) is 5.09 Å². The van der Waals surface area contributed by atoms with Crippen molar-refractivity contribution >= 4 is 14.4 Å². The van der Waals surface area contributed by atoms with Gasteiger partial charge in [-0.2, -0.15) is 0 Å². The van der Waals surface area contributed by atoms with Gasteiger partial charge in [-0.25, -0.2) is 0 Å². The fraction of sp³-hybridized carbons (Fsp3) is 0.400. The van der Waals surface area contributed by atoms with Crippen molar-refractivity contribution in [1.29, 1.82) is 0 Å². The van der Waals surface area contributed by atoms with E-state index in [4.69, 9.17) is 14.0 Å². The summed E-state index contributed by atoms with van der Waals surface area (Å²) in [5, 5.41) is 3.73. The van der Waals surface area contributed by atoms with Gasteiger partial charge in [-0.1, -0.05) is 72.8 Å². The summed E-state index contributed by atoms with van der Waals surface area (Å²) in [7, 11) is -1.99. The highest BCUT2D eigenvalue weighted by atomic mass is 31.2. The van der Waals surface area contributed by atoms with Gasteiger partial charge in [0.25, 0.3) is 0 Å². The Morgan fingerprint density at radius 2 is 1.27 bits per heavy atom. The molecule has 3 atom stereocenters. The highest BCUT2D eigenvalue weighted by molar-refractivity contribution is 7.63. The summed E-state index contributed by atoms with van der Waals surface area (Å²) in [6.07, 6.45) is 1.71. The van der Waals surface area contributed by atoms with E-state index in [1.54, 1.807) is 7.11 Å². The van der Waals surface area contributed by atoms with Crippen molar-refractivity contribution in [3.63, 3.8) is 0 Å². The van der Waals surface area contributed by atoms with E-state index in [0.717, 1.165) is 35.3 Å². The minimum Gasteiger partial charge on any atom is -0.497 e. The third-order valence-corrected chi connectivity index (χ3v) is 12.0. The second kappa shape index (κ2) is 10.1. The first-order valence-electron chi connectivity index (χ1n) is 13.1. The SMILES string of the molecule is COc1ccc([C@H](NP2(=O)[C@H](c3ccccc3)CC[C@H]2c2ccccc2)B2OC(C)(C)C(C)(C)O2)cc1. The lowest BCUT2D eigenvalue weighted by atomic mass is 9.75. The van der Waals surface area contributed by atoms with Crippen LogP contribution in [0, 0.1) is 0 Å². The lowest BCUT2D eigenvalue weighted by Crippen LogP contribution is -2.41. The van der Waals surface area contributed by atoms with Crippen LogP contribution in [0.15, 0.2) is 84.9 Å². The van der Waals surface area contributed by atoms with Crippen LogP contribution in [0.4, 0.5) is 0 Å². The minimum absolute atomic E-state index is 0.0953. The maximum absolute atomic E-state index is 15.4. The maximum Gasteiger partial charge on any atom is 0.481 e. The standard InChI is InChI=1S/C30H37BNO4P/c1-29(2)30(3,4)36-31(35-29)28(24-16-18-25(34-5)19-17-24)32-37(33)26(22-12-8-6-9-13-22)20-21-27(37)23-14-10-7-11-15-23/h6-19,26-28H,20-21H2,1-5H3,(H,32,33)/t26-,27-,28-/m0/s1. The summed E-state index contributed by atoms with van der Waals surface area (Å²) < 4.78 is 33.9. The number of hydrogen-bond donors (Lipinski definition) is 1. The maximum atomic E-state index is 15.4. The topological polar surface area (TPSA) is 56.8 Å². The average molecular weight is 517 g/mol. The van der Waals surface area contributed by atoms with Crippen molar-refractivity contribution in [3.05, 3.63) is 102 Å². The molecule has 2 aliphatic rings. The molecule has 2 aliphatic heterocycles. The van der Waals surface area contributed by atoms with Crippen LogP contribution in [0.5, 0.6) is 5.75 Å². The first-order chi connectivity index (χ1) is 17.6. The Hall–Kier alpha value is -2.37. The van der Waals surface area contributed by atoms with Gasteiger partial charge in [0.2, 0.25) is 0 Å². The Morgan fingerprint density at radius 1 is 0.811 bits per heavy atom. The van der Waals surface area contributed by atoms with E-state index < -0.39 is 31.6 Å².